The summed E-state index contributed by atoms with van der Waals surface area (Å²) in [6, 6.07) is 0. The number of carbonyl (C=O) groups is 2. The monoisotopic (exact) mass is 224 g/mol. The Bertz CT molecular complexity index is 248. The lowest BCUT2D eigenvalue weighted by Gasteiger charge is -2.28. The molecular formula is C8H14F2N2O3. The van der Waals surface area contributed by atoms with Crippen molar-refractivity contribution in [1.82, 2.24) is 5.32 Å². The second-order valence-electron chi connectivity index (χ2n) is 3.15. The summed E-state index contributed by atoms with van der Waals surface area (Å²) in [6.45, 7) is 1.07. The van der Waals surface area contributed by atoms with E-state index < -0.39 is 30.3 Å². The van der Waals surface area contributed by atoms with Gasteiger partial charge in [-0.2, -0.15) is 0 Å². The van der Waals surface area contributed by atoms with Crippen molar-refractivity contribution in [2.45, 2.75) is 31.7 Å². The van der Waals surface area contributed by atoms with E-state index in [-0.39, 0.29) is 13.0 Å². The maximum atomic E-state index is 12.7. The zero-order valence-corrected chi connectivity index (χ0v) is 8.30. The van der Waals surface area contributed by atoms with Gasteiger partial charge in [-0.25, -0.2) is 13.6 Å². The van der Waals surface area contributed by atoms with Crippen LogP contribution in [-0.2, 0) is 9.59 Å². The predicted molar refractivity (Wildman–Crippen MR) is 48.5 cm³/mol. The second kappa shape index (κ2) is 5.59. The zero-order valence-electron chi connectivity index (χ0n) is 8.30. The van der Waals surface area contributed by atoms with E-state index in [2.05, 4.69) is 0 Å². The molecule has 1 atom stereocenters. The van der Waals surface area contributed by atoms with Crippen LogP contribution >= 0.6 is 0 Å². The van der Waals surface area contributed by atoms with Gasteiger partial charge in [0.2, 0.25) is 5.91 Å². The Morgan fingerprint density at radius 2 is 2.07 bits per heavy atom. The molecule has 7 heteroatoms. The van der Waals surface area contributed by atoms with Crippen LogP contribution in [0.15, 0.2) is 0 Å². The normalized spacial score (nSPS) is 14.7. The standard InChI is InChI=1S/C8H14F2N2O3/c1-5(13)12-8(6(9)10,7(14)15)3-2-4-11/h6H,2-4,11H2,1H3,(H,12,13)(H,14,15). The Labute approximate surface area is 85.6 Å². The summed E-state index contributed by atoms with van der Waals surface area (Å²) in [7, 11) is 0. The molecule has 5 nitrogen and oxygen atoms in total. The van der Waals surface area contributed by atoms with Crippen LogP contribution < -0.4 is 11.1 Å². The fourth-order valence-corrected chi connectivity index (χ4v) is 1.17. The number of hydrogen-bond donors (Lipinski definition) is 3. The summed E-state index contributed by atoms with van der Waals surface area (Å²) in [4.78, 5) is 21.5. The van der Waals surface area contributed by atoms with Gasteiger partial charge in [-0.05, 0) is 19.4 Å². The highest BCUT2D eigenvalue weighted by Crippen LogP contribution is 2.22. The molecule has 0 rings (SSSR count). The summed E-state index contributed by atoms with van der Waals surface area (Å²) < 4.78 is 25.3. The molecule has 0 fully saturated rings. The molecule has 1 unspecified atom stereocenters. The van der Waals surface area contributed by atoms with Crippen LogP contribution in [-0.4, -0.2) is 35.5 Å². The first-order valence-corrected chi connectivity index (χ1v) is 4.37. The maximum absolute atomic E-state index is 12.7. The fourth-order valence-electron chi connectivity index (χ4n) is 1.17. The van der Waals surface area contributed by atoms with E-state index in [4.69, 9.17) is 10.8 Å². The van der Waals surface area contributed by atoms with E-state index in [0.29, 0.717) is 0 Å². The molecule has 0 aromatic rings. The molecule has 0 spiro atoms. The van der Waals surface area contributed by atoms with Crippen molar-refractivity contribution in [3.05, 3.63) is 0 Å². The SMILES string of the molecule is CC(=O)NC(CCCN)(C(=O)O)C(F)F. The van der Waals surface area contributed by atoms with Gasteiger partial charge >= 0.3 is 5.97 Å². The van der Waals surface area contributed by atoms with Crippen LogP contribution in [0.25, 0.3) is 0 Å². The van der Waals surface area contributed by atoms with Gasteiger partial charge in [0.05, 0.1) is 0 Å². The predicted octanol–water partition coefficient (Wildman–Crippen LogP) is -0.0501. The van der Waals surface area contributed by atoms with E-state index in [9.17, 15) is 18.4 Å². The zero-order chi connectivity index (χ0) is 12.1. The first-order valence-electron chi connectivity index (χ1n) is 4.37. The molecule has 0 aliphatic heterocycles. The van der Waals surface area contributed by atoms with E-state index in [1.807, 2.05) is 0 Å². The number of nitrogens with two attached hydrogens (primary N) is 1. The third-order valence-corrected chi connectivity index (χ3v) is 1.93. The van der Waals surface area contributed by atoms with Gasteiger partial charge in [0.15, 0.2) is 5.54 Å². The number of halogens is 2. The Morgan fingerprint density at radius 3 is 2.33 bits per heavy atom. The first-order chi connectivity index (χ1) is 6.86. The van der Waals surface area contributed by atoms with E-state index >= 15 is 0 Å². The highest BCUT2D eigenvalue weighted by molar-refractivity contribution is 5.86. The largest absolute Gasteiger partial charge is 0.479 e. The maximum Gasteiger partial charge on any atom is 0.335 e. The van der Waals surface area contributed by atoms with Crippen LogP contribution in [0.5, 0.6) is 0 Å². The van der Waals surface area contributed by atoms with Gasteiger partial charge in [0.25, 0.3) is 6.43 Å². The number of alkyl halides is 2. The highest BCUT2D eigenvalue weighted by atomic mass is 19.3. The van der Waals surface area contributed by atoms with Crippen molar-refractivity contribution in [2.75, 3.05) is 6.54 Å². The van der Waals surface area contributed by atoms with E-state index in [1.165, 1.54) is 0 Å². The number of rotatable bonds is 6. The lowest BCUT2D eigenvalue weighted by molar-refractivity contribution is -0.155. The average Bonchev–Trinajstić information content (AvgIpc) is 2.10. The third-order valence-electron chi connectivity index (χ3n) is 1.93. The van der Waals surface area contributed by atoms with Crippen LogP contribution in [0.2, 0.25) is 0 Å². The van der Waals surface area contributed by atoms with Gasteiger partial charge in [0.1, 0.15) is 0 Å². The molecule has 0 heterocycles. The quantitative estimate of drug-likeness (QED) is 0.589. The number of carboxylic acids is 1. The molecule has 0 aromatic carbocycles. The van der Waals surface area contributed by atoms with Crippen molar-refractivity contribution < 1.29 is 23.5 Å². The van der Waals surface area contributed by atoms with Gasteiger partial charge in [0, 0.05) is 6.92 Å². The number of nitrogens with one attached hydrogen (secondary N) is 1. The van der Waals surface area contributed by atoms with Crippen LogP contribution in [0.1, 0.15) is 19.8 Å². The Kier molecular flexibility index (Phi) is 5.13. The number of aliphatic carboxylic acids is 1. The van der Waals surface area contributed by atoms with Gasteiger partial charge in [-0.1, -0.05) is 0 Å². The fraction of sp³-hybridized carbons (Fsp3) is 0.750. The van der Waals surface area contributed by atoms with Crippen molar-refractivity contribution >= 4 is 11.9 Å². The Balaban J connectivity index is 4.89. The molecule has 0 radical (unpaired) electrons. The van der Waals surface area contributed by atoms with Crippen molar-refractivity contribution in [3.63, 3.8) is 0 Å². The minimum Gasteiger partial charge on any atom is -0.479 e. The summed E-state index contributed by atoms with van der Waals surface area (Å²) in [6.07, 6.45) is -3.47. The smallest absolute Gasteiger partial charge is 0.335 e. The molecule has 0 bridgehead atoms. The lowest BCUT2D eigenvalue weighted by atomic mass is 9.93. The summed E-state index contributed by atoms with van der Waals surface area (Å²) in [5.74, 6) is -2.56. The van der Waals surface area contributed by atoms with E-state index in [1.54, 1.807) is 5.32 Å². The molecular weight excluding hydrogens is 210 g/mol. The van der Waals surface area contributed by atoms with Crippen molar-refractivity contribution in [2.24, 2.45) is 5.73 Å². The van der Waals surface area contributed by atoms with Crippen LogP contribution in [0.4, 0.5) is 8.78 Å². The van der Waals surface area contributed by atoms with Crippen molar-refractivity contribution in [3.8, 4) is 0 Å². The molecule has 88 valence electrons. The third kappa shape index (κ3) is 3.43. The minimum absolute atomic E-state index is 0.0847. The average molecular weight is 224 g/mol. The summed E-state index contributed by atoms with van der Waals surface area (Å²) in [5, 5.41) is 10.5. The summed E-state index contributed by atoms with van der Waals surface area (Å²) >= 11 is 0. The molecule has 1 amide bonds. The van der Waals surface area contributed by atoms with E-state index in [0.717, 1.165) is 6.92 Å². The topological polar surface area (TPSA) is 92.4 Å². The minimum atomic E-state index is -3.18. The van der Waals surface area contributed by atoms with Gasteiger partial charge in [-0.15, -0.1) is 0 Å². The van der Waals surface area contributed by atoms with Gasteiger partial charge < -0.3 is 16.2 Å². The Morgan fingerprint density at radius 1 is 1.53 bits per heavy atom. The molecule has 0 aliphatic carbocycles. The first kappa shape index (κ1) is 13.8. The number of carboxylic acid groups (broad SMARTS) is 1. The molecule has 15 heavy (non-hydrogen) atoms. The number of carbonyl (C=O) groups excluding carboxylic acids is 1. The van der Waals surface area contributed by atoms with Crippen LogP contribution in [0, 0.1) is 0 Å². The Hall–Kier alpha value is -1.24. The molecule has 0 saturated heterocycles. The molecule has 0 saturated carbocycles. The number of hydrogen-bond acceptors (Lipinski definition) is 3. The molecule has 4 N–H and O–H groups in total. The second-order valence-corrected chi connectivity index (χ2v) is 3.15. The number of amides is 1. The van der Waals surface area contributed by atoms with Crippen LogP contribution in [0.3, 0.4) is 0 Å². The lowest BCUT2D eigenvalue weighted by Crippen LogP contribution is -2.59. The summed E-state index contributed by atoms with van der Waals surface area (Å²) in [5.41, 5.74) is 2.59. The van der Waals surface area contributed by atoms with Gasteiger partial charge in [-0.3, -0.25) is 4.79 Å². The highest BCUT2D eigenvalue weighted by Gasteiger charge is 2.47. The van der Waals surface area contributed by atoms with Crippen molar-refractivity contribution in [1.29, 1.82) is 0 Å². The molecule has 0 aromatic heterocycles. The molecule has 0 aliphatic rings.